The van der Waals surface area contributed by atoms with Gasteiger partial charge >= 0.3 is 0 Å². The molecule has 1 atom stereocenters. The van der Waals surface area contributed by atoms with E-state index in [1.807, 2.05) is 18.7 Å². The summed E-state index contributed by atoms with van der Waals surface area (Å²) in [7, 11) is 0. The van der Waals surface area contributed by atoms with Gasteiger partial charge < -0.3 is 15.7 Å². The molecule has 17 heavy (non-hydrogen) atoms. The van der Waals surface area contributed by atoms with Crippen LogP contribution in [-0.2, 0) is 4.79 Å². The maximum atomic E-state index is 12.1. The largest absolute Gasteiger partial charge is 0.395 e. The van der Waals surface area contributed by atoms with Gasteiger partial charge in [0.05, 0.1) is 12.6 Å². The first-order valence-electron chi connectivity index (χ1n) is 6.44. The molecule has 100 valence electrons. The van der Waals surface area contributed by atoms with Crippen LogP contribution in [0.2, 0.25) is 0 Å². The van der Waals surface area contributed by atoms with Gasteiger partial charge in [0.2, 0.25) is 5.91 Å². The smallest absolute Gasteiger partial charge is 0.239 e. The number of nitrogens with zero attached hydrogens (tertiary/aromatic N) is 2. The molecule has 1 heterocycles. The number of β-amino-alcohol motifs (C(OH)–C–C–N with tert-alkyl or cyclic N) is 1. The third-order valence-corrected chi connectivity index (χ3v) is 3.32. The molecule has 1 fully saturated rings. The number of hydrogen-bond acceptors (Lipinski definition) is 4. The quantitative estimate of drug-likeness (QED) is 0.698. The molecule has 1 aliphatic rings. The van der Waals surface area contributed by atoms with Gasteiger partial charge in [0, 0.05) is 26.2 Å². The highest BCUT2D eigenvalue weighted by molar-refractivity contribution is 5.81. The van der Waals surface area contributed by atoms with Crippen LogP contribution in [0.4, 0.5) is 0 Å². The van der Waals surface area contributed by atoms with E-state index >= 15 is 0 Å². The monoisotopic (exact) mass is 243 g/mol. The molecule has 0 bridgehead atoms. The summed E-state index contributed by atoms with van der Waals surface area (Å²) in [6.45, 7) is 8.09. The Morgan fingerprint density at radius 2 is 2.00 bits per heavy atom. The van der Waals surface area contributed by atoms with E-state index in [4.69, 9.17) is 10.8 Å². The lowest BCUT2D eigenvalue weighted by atomic mass is 10.0. The molecule has 0 spiro atoms. The van der Waals surface area contributed by atoms with Gasteiger partial charge in [-0.25, -0.2) is 0 Å². The Kier molecular flexibility index (Phi) is 5.88. The zero-order valence-corrected chi connectivity index (χ0v) is 10.9. The first kappa shape index (κ1) is 14.4. The summed E-state index contributed by atoms with van der Waals surface area (Å²) in [5.41, 5.74) is 5.89. The third-order valence-electron chi connectivity index (χ3n) is 3.32. The Morgan fingerprint density at radius 3 is 2.59 bits per heavy atom. The first-order valence-corrected chi connectivity index (χ1v) is 6.44. The highest BCUT2D eigenvalue weighted by Gasteiger charge is 2.25. The van der Waals surface area contributed by atoms with Crippen LogP contribution in [-0.4, -0.2) is 66.2 Å². The lowest BCUT2D eigenvalue weighted by molar-refractivity contribution is -0.133. The molecule has 3 N–H and O–H groups in total. The van der Waals surface area contributed by atoms with Crippen molar-refractivity contribution < 1.29 is 9.90 Å². The molecule has 1 saturated heterocycles. The van der Waals surface area contributed by atoms with E-state index in [2.05, 4.69) is 4.90 Å². The van der Waals surface area contributed by atoms with Crippen LogP contribution >= 0.6 is 0 Å². The third kappa shape index (κ3) is 4.26. The van der Waals surface area contributed by atoms with Crippen molar-refractivity contribution in [3.05, 3.63) is 0 Å². The number of carbonyl (C=O) groups excluding carboxylic acids is 1. The molecule has 0 aromatic rings. The van der Waals surface area contributed by atoms with Crippen molar-refractivity contribution in [3.8, 4) is 0 Å². The second-order valence-corrected chi connectivity index (χ2v) is 5.01. The van der Waals surface area contributed by atoms with Crippen molar-refractivity contribution in [3.63, 3.8) is 0 Å². The number of rotatable bonds is 4. The molecule has 0 aromatic carbocycles. The zero-order chi connectivity index (χ0) is 12.8. The van der Waals surface area contributed by atoms with Crippen molar-refractivity contribution in [2.45, 2.75) is 26.3 Å². The minimum absolute atomic E-state index is 0.0610. The lowest BCUT2D eigenvalue weighted by Gasteiger charge is -2.26. The number of aliphatic hydroxyl groups is 1. The molecule has 5 nitrogen and oxygen atoms in total. The van der Waals surface area contributed by atoms with Crippen molar-refractivity contribution in [2.75, 3.05) is 39.3 Å². The average molecular weight is 243 g/mol. The summed E-state index contributed by atoms with van der Waals surface area (Å²) < 4.78 is 0. The molecule has 1 rings (SSSR count). The highest BCUT2D eigenvalue weighted by Crippen LogP contribution is 2.08. The van der Waals surface area contributed by atoms with E-state index in [1.165, 1.54) is 0 Å². The van der Waals surface area contributed by atoms with Gasteiger partial charge in [-0.2, -0.15) is 0 Å². The topological polar surface area (TPSA) is 69.8 Å². The van der Waals surface area contributed by atoms with Crippen molar-refractivity contribution in [1.82, 2.24) is 9.80 Å². The van der Waals surface area contributed by atoms with E-state index in [-0.39, 0.29) is 24.5 Å². The Morgan fingerprint density at radius 1 is 1.29 bits per heavy atom. The SMILES string of the molecule is CC(C)[C@H](N)C(=O)N1CCCN(CCO)CC1. The molecular weight excluding hydrogens is 218 g/mol. The van der Waals surface area contributed by atoms with Crippen molar-refractivity contribution in [1.29, 1.82) is 0 Å². The number of hydrogen-bond donors (Lipinski definition) is 2. The van der Waals surface area contributed by atoms with Crippen LogP contribution in [0.25, 0.3) is 0 Å². The van der Waals surface area contributed by atoms with E-state index in [9.17, 15) is 4.79 Å². The minimum atomic E-state index is -0.389. The summed E-state index contributed by atoms with van der Waals surface area (Å²) in [4.78, 5) is 16.1. The molecule has 1 amide bonds. The molecular formula is C12H25N3O2. The van der Waals surface area contributed by atoms with Crippen LogP contribution in [0.1, 0.15) is 20.3 Å². The number of carbonyl (C=O) groups is 1. The molecule has 0 radical (unpaired) electrons. The maximum absolute atomic E-state index is 12.1. The number of amides is 1. The fourth-order valence-electron chi connectivity index (χ4n) is 2.05. The van der Waals surface area contributed by atoms with Crippen LogP contribution in [0.15, 0.2) is 0 Å². The Hall–Kier alpha value is -0.650. The van der Waals surface area contributed by atoms with Gasteiger partial charge in [0.25, 0.3) is 0 Å². The second kappa shape index (κ2) is 6.93. The number of aliphatic hydroxyl groups excluding tert-OH is 1. The fraction of sp³-hybridized carbons (Fsp3) is 0.917. The first-order chi connectivity index (χ1) is 8.06. The number of nitrogens with two attached hydrogens (primary N) is 1. The summed E-state index contributed by atoms with van der Waals surface area (Å²) >= 11 is 0. The molecule has 0 aromatic heterocycles. The Balaban J connectivity index is 2.48. The maximum Gasteiger partial charge on any atom is 0.239 e. The molecule has 5 heteroatoms. The molecule has 0 aliphatic carbocycles. The zero-order valence-electron chi connectivity index (χ0n) is 10.9. The average Bonchev–Trinajstić information content (AvgIpc) is 2.53. The van der Waals surface area contributed by atoms with Gasteiger partial charge in [-0.3, -0.25) is 9.69 Å². The van der Waals surface area contributed by atoms with Crippen molar-refractivity contribution >= 4 is 5.91 Å². The molecule has 0 unspecified atom stereocenters. The minimum Gasteiger partial charge on any atom is -0.395 e. The molecule has 1 aliphatic heterocycles. The second-order valence-electron chi connectivity index (χ2n) is 5.01. The summed E-state index contributed by atoms with van der Waals surface area (Å²) in [6.07, 6.45) is 0.955. The normalized spacial score (nSPS) is 20.4. The fourth-order valence-corrected chi connectivity index (χ4v) is 2.05. The predicted molar refractivity (Wildman–Crippen MR) is 67.5 cm³/mol. The summed E-state index contributed by atoms with van der Waals surface area (Å²) in [6, 6.07) is -0.389. The van der Waals surface area contributed by atoms with Gasteiger partial charge in [0.15, 0.2) is 0 Å². The van der Waals surface area contributed by atoms with E-state index in [1.54, 1.807) is 0 Å². The van der Waals surface area contributed by atoms with Crippen LogP contribution < -0.4 is 5.73 Å². The van der Waals surface area contributed by atoms with Gasteiger partial charge in [-0.1, -0.05) is 13.8 Å². The van der Waals surface area contributed by atoms with Gasteiger partial charge in [-0.15, -0.1) is 0 Å². The standard InChI is InChI=1S/C12H25N3O2/c1-10(2)11(13)12(17)15-5-3-4-14(6-7-15)8-9-16/h10-11,16H,3-9,13H2,1-2H3/t11-/m0/s1. The highest BCUT2D eigenvalue weighted by atomic mass is 16.3. The van der Waals surface area contributed by atoms with Crippen LogP contribution in [0.5, 0.6) is 0 Å². The van der Waals surface area contributed by atoms with E-state index < -0.39 is 0 Å². The Labute approximate surface area is 104 Å². The summed E-state index contributed by atoms with van der Waals surface area (Å²) in [5, 5.41) is 8.90. The van der Waals surface area contributed by atoms with Crippen molar-refractivity contribution in [2.24, 2.45) is 11.7 Å². The van der Waals surface area contributed by atoms with Gasteiger partial charge in [-0.05, 0) is 18.9 Å². The lowest BCUT2D eigenvalue weighted by Crippen LogP contribution is -2.47. The van der Waals surface area contributed by atoms with E-state index in [0.29, 0.717) is 6.54 Å². The van der Waals surface area contributed by atoms with E-state index in [0.717, 1.165) is 32.6 Å². The summed E-state index contributed by atoms with van der Waals surface area (Å²) in [5.74, 6) is 0.241. The predicted octanol–water partition coefficient (Wildman–Crippen LogP) is -0.504. The van der Waals surface area contributed by atoms with Crippen LogP contribution in [0, 0.1) is 5.92 Å². The van der Waals surface area contributed by atoms with Gasteiger partial charge in [0.1, 0.15) is 0 Å². The Bertz CT molecular complexity index is 246. The molecule has 0 saturated carbocycles. The van der Waals surface area contributed by atoms with Crippen LogP contribution in [0.3, 0.4) is 0 Å².